The molecule has 1 atom stereocenters. The molecular formula is C19H23F3N4O2. The van der Waals surface area contributed by atoms with Gasteiger partial charge in [0.1, 0.15) is 0 Å². The molecule has 1 amide bonds. The number of aromatic nitrogens is 2. The van der Waals surface area contributed by atoms with Crippen molar-refractivity contribution in [2.24, 2.45) is 5.92 Å². The highest BCUT2D eigenvalue weighted by molar-refractivity contribution is 5.81. The van der Waals surface area contributed by atoms with Crippen molar-refractivity contribution in [3.05, 3.63) is 30.0 Å². The molecule has 0 bridgehead atoms. The number of carbonyl (C=O) groups is 1. The average Bonchev–Trinajstić information content (AvgIpc) is 2.69. The van der Waals surface area contributed by atoms with Crippen LogP contribution in [0.2, 0.25) is 0 Å². The molecule has 1 aliphatic rings. The number of halogens is 3. The van der Waals surface area contributed by atoms with Crippen molar-refractivity contribution < 1.29 is 22.7 Å². The first-order valence-electron chi connectivity index (χ1n) is 9.23. The fraction of sp³-hybridized carbons (Fsp3) is 0.526. The summed E-state index contributed by atoms with van der Waals surface area (Å²) < 4.78 is 42.2. The van der Waals surface area contributed by atoms with E-state index in [9.17, 15) is 18.0 Å². The number of carbonyl (C=O) groups excluding carboxylic acids is 1. The highest BCUT2D eigenvalue weighted by Crippen LogP contribution is 2.21. The Bertz CT molecular complexity index is 828. The van der Waals surface area contributed by atoms with E-state index in [0.717, 1.165) is 48.9 Å². The Labute approximate surface area is 161 Å². The zero-order valence-electron chi connectivity index (χ0n) is 15.6. The molecule has 2 aromatic heterocycles. The van der Waals surface area contributed by atoms with Gasteiger partial charge >= 0.3 is 12.1 Å². The summed E-state index contributed by atoms with van der Waals surface area (Å²) in [5, 5.41) is 2.00. The lowest BCUT2D eigenvalue weighted by Crippen LogP contribution is -2.44. The van der Waals surface area contributed by atoms with Crippen LogP contribution in [0.1, 0.15) is 18.4 Å². The molecule has 28 heavy (non-hydrogen) atoms. The first-order valence-corrected chi connectivity index (χ1v) is 9.23. The number of nitrogens with zero attached hydrogens (tertiary/aromatic N) is 3. The number of alkyl halides is 3. The lowest BCUT2D eigenvalue weighted by atomic mass is 9.97. The van der Waals surface area contributed by atoms with Crippen LogP contribution in [0.3, 0.4) is 0 Å². The lowest BCUT2D eigenvalue weighted by molar-refractivity contribution is -0.173. The lowest BCUT2D eigenvalue weighted by Gasteiger charge is -2.32. The zero-order chi connectivity index (χ0) is 20.1. The molecule has 152 valence electrons. The van der Waals surface area contributed by atoms with Crippen LogP contribution in [0.25, 0.3) is 11.0 Å². The molecule has 2 aromatic rings. The predicted molar refractivity (Wildman–Crippen MR) is 98.0 cm³/mol. The van der Waals surface area contributed by atoms with Gasteiger partial charge in [-0.1, -0.05) is 0 Å². The Morgan fingerprint density at radius 1 is 1.36 bits per heavy atom. The summed E-state index contributed by atoms with van der Waals surface area (Å²) in [6.45, 7) is 2.37. The summed E-state index contributed by atoms with van der Waals surface area (Å²) >= 11 is 0. The third-order valence-electron chi connectivity index (χ3n) is 4.96. The molecule has 6 nitrogen and oxygen atoms in total. The molecule has 1 unspecified atom stereocenters. The number of piperidine rings is 1. The normalized spacial score (nSPS) is 18.2. The van der Waals surface area contributed by atoms with Crippen LogP contribution in [0.4, 0.5) is 13.2 Å². The van der Waals surface area contributed by atoms with Gasteiger partial charge in [0.2, 0.25) is 5.88 Å². The van der Waals surface area contributed by atoms with Crippen LogP contribution in [0.5, 0.6) is 5.88 Å². The number of pyridine rings is 2. The Morgan fingerprint density at radius 2 is 2.18 bits per heavy atom. The van der Waals surface area contributed by atoms with E-state index in [4.69, 9.17) is 4.74 Å². The van der Waals surface area contributed by atoms with Crippen molar-refractivity contribution in [2.75, 3.05) is 33.3 Å². The van der Waals surface area contributed by atoms with Crippen LogP contribution in [0, 0.1) is 5.92 Å². The Hall–Kier alpha value is -2.42. The van der Waals surface area contributed by atoms with Gasteiger partial charge in [-0.15, -0.1) is 0 Å². The fourth-order valence-corrected chi connectivity index (χ4v) is 3.51. The van der Waals surface area contributed by atoms with E-state index in [1.165, 1.54) is 0 Å². The van der Waals surface area contributed by atoms with Gasteiger partial charge in [0.15, 0.2) is 0 Å². The van der Waals surface area contributed by atoms with E-state index in [1.807, 2.05) is 17.4 Å². The van der Waals surface area contributed by atoms with Crippen molar-refractivity contribution in [1.29, 1.82) is 0 Å². The third-order valence-corrected chi connectivity index (χ3v) is 4.96. The molecule has 3 heterocycles. The molecule has 9 heteroatoms. The van der Waals surface area contributed by atoms with Gasteiger partial charge in [-0.05, 0) is 49.4 Å². The van der Waals surface area contributed by atoms with Crippen molar-refractivity contribution in [3.8, 4) is 5.88 Å². The summed E-state index contributed by atoms with van der Waals surface area (Å²) in [4.78, 5) is 22.0. The van der Waals surface area contributed by atoms with Crippen LogP contribution >= 0.6 is 0 Å². The number of fused-ring (bicyclic) bond motifs is 1. The second-order valence-electron chi connectivity index (χ2n) is 6.96. The van der Waals surface area contributed by atoms with Gasteiger partial charge in [-0.2, -0.15) is 13.2 Å². The smallest absolute Gasteiger partial charge is 0.471 e. The van der Waals surface area contributed by atoms with Crippen LogP contribution in [0.15, 0.2) is 24.4 Å². The third kappa shape index (κ3) is 5.09. The minimum absolute atomic E-state index is 0.0208. The first kappa shape index (κ1) is 20.3. The maximum Gasteiger partial charge on any atom is 0.471 e. The van der Waals surface area contributed by atoms with Gasteiger partial charge in [0.25, 0.3) is 0 Å². The van der Waals surface area contributed by atoms with Crippen molar-refractivity contribution in [3.63, 3.8) is 0 Å². The van der Waals surface area contributed by atoms with E-state index in [0.29, 0.717) is 12.4 Å². The zero-order valence-corrected chi connectivity index (χ0v) is 15.6. The summed E-state index contributed by atoms with van der Waals surface area (Å²) in [6.07, 6.45) is -0.621. The molecule has 0 aliphatic carbocycles. The van der Waals surface area contributed by atoms with Crippen molar-refractivity contribution >= 4 is 16.9 Å². The number of rotatable bonds is 6. The Balaban J connectivity index is 1.57. The molecule has 3 rings (SSSR count). The summed E-state index contributed by atoms with van der Waals surface area (Å²) in [5.41, 5.74) is 2.65. The minimum atomic E-state index is -4.83. The fourth-order valence-electron chi connectivity index (χ4n) is 3.51. The maximum atomic E-state index is 12.3. The predicted octanol–water partition coefficient (Wildman–Crippen LogP) is 2.57. The van der Waals surface area contributed by atoms with Crippen molar-refractivity contribution in [2.45, 2.75) is 25.4 Å². The molecule has 1 saturated heterocycles. The molecule has 1 aliphatic heterocycles. The van der Waals surface area contributed by atoms with Gasteiger partial charge in [0.05, 0.1) is 18.1 Å². The minimum Gasteiger partial charge on any atom is -0.481 e. The van der Waals surface area contributed by atoms with E-state index in [2.05, 4.69) is 14.9 Å². The largest absolute Gasteiger partial charge is 0.481 e. The molecule has 0 aromatic carbocycles. The van der Waals surface area contributed by atoms with E-state index in [1.54, 1.807) is 19.4 Å². The SMILES string of the molecule is COc1ccc2nccc(CCN3CCCC(CNC(=O)C(F)(F)F)C3)c2n1. The summed E-state index contributed by atoms with van der Waals surface area (Å²) in [5.74, 6) is -1.32. The number of amides is 1. The Morgan fingerprint density at radius 3 is 2.93 bits per heavy atom. The highest BCUT2D eigenvalue weighted by atomic mass is 19.4. The van der Waals surface area contributed by atoms with Gasteiger partial charge in [-0.3, -0.25) is 9.78 Å². The number of likely N-dealkylation sites (tertiary alicyclic amines) is 1. The standard InChI is InChI=1S/C19H23F3N4O2/c1-28-16-5-4-15-17(25-16)14(6-8-23-15)7-10-26-9-2-3-13(12-26)11-24-18(27)19(20,21)22/h4-6,8,13H,2-3,7,9-12H2,1H3,(H,24,27). The summed E-state index contributed by atoms with van der Waals surface area (Å²) in [7, 11) is 1.57. The number of ether oxygens (including phenoxy) is 1. The van der Waals surface area contributed by atoms with E-state index in [-0.39, 0.29) is 12.5 Å². The van der Waals surface area contributed by atoms with Gasteiger partial charge in [-0.25, -0.2) is 4.98 Å². The van der Waals surface area contributed by atoms with Crippen LogP contribution in [-0.4, -0.2) is 60.2 Å². The molecule has 0 radical (unpaired) electrons. The number of nitrogens with one attached hydrogen (secondary N) is 1. The number of methoxy groups -OCH3 is 1. The molecule has 1 fully saturated rings. The van der Waals surface area contributed by atoms with Crippen molar-refractivity contribution in [1.82, 2.24) is 20.2 Å². The van der Waals surface area contributed by atoms with Crippen LogP contribution < -0.4 is 10.1 Å². The molecule has 0 saturated carbocycles. The quantitative estimate of drug-likeness (QED) is 0.813. The Kier molecular flexibility index (Phi) is 6.33. The van der Waals surface area contributed by atoms with E-state index >= 15 is 0 Å². The second kappa shape index (κ2) is 8.72. The highest BCUT2D eigenvalue weighted by Gasteiger charge is 2.38. The molecular weight excluding hydrogens is 373 g/mol. The van der Waals surface area contributed by atoms with Gasteiger partial charge in [0, 0.05) is 31.9 Å². The summed E-state index contributed by atoms with van der Waals surface area (Å²) in [6, 6.07) is 5.56. The topological polar surface area (TPSA) is 67.3 Å². The molecule has 1 N–H and O–H groups in total. The van der Waals surface area contributed by atoms with Crippen LogP contribution in [-0.2, 0) is 11.2 Å². The average molecular weight is 396 g/mol. The number of hydrogen-bond donors (Lipinski definition) is 1. The first-order chi connectivity index (χ1) is 13.4. The van der Waals surface area contributed by atoms with Gasteiger partial charge < -0.3 is 15.0 Å². The van der Waals surface area contributed by atoms with E-state index < -0.39 is 12.1 Å². The maximum absolute atomic E-state index is 12.3. The second-order valence-corrected chi connectivity index (χ2v) is 6.96. The monoisotopic (exact) mass is 396 g/mol. The number of hydrogen-bond acceptors (Lipinski definition) is 5. The molecule has 0 spiro atoms.